The standard InChI is InChI=1S/C22H28F4O2/c23-19-10-9-18(12-20(19)24)28-22(25,26)17-7-4-15(5-8-17)21-11-6-16(13-27-21)14-2-1-3-14/h9-10,12,14-17,21H,1-8,11,13H2. The van der Waals surface area contributed by atoms with Crippen molar-refractivity contribution in [3.63, 3.8) is 0 Å². The van der Waals surface area contributed by atoms with Gasteiger partial charge in [0.25, 0.3) is 0 Å². The van der Waals surface area contributed by atoms with Crippen molar-refractivity contribution in [3.05, 3.63) is 29.8 Å². The van der Waals surface area contributed by atoms with E-state index in [4.69, 9.17) is 9.47 Å². The molecule has 1 aromatic rings. The van der Waals surface area contributed by atoms with Gasteiger partial charge < -0.3 is 9.47 Å². The van der Waals surface area contributed by atoms with Gasteiger partial charge >= 0.3 is 6.11 Å². The van der Waals surface area contributed by atoms with Crippen molar-refractivity contribution in [2.45, 2.75) is 70.0 Å². The fraction of sp³-hybridized carbons (Fsp3) is 0.727. The molecule has 2 atom stereocenters. The van der Waals surface area contributed by atoms with Gasteiger partial charge in [0.1, 0.15) is 5.75 Å². The second-order valence-electron chi connectivity index (χ2n) is 8.75. The molecule has 6 heteroatoms. The number of benzene rings is 1. The van der Waals surface area contributed by atoms with Crippen LogP contribution in [0.1, 0.15) is 57.8 Å². The van der Waals surface area contributed by atoms with Crippen molar-refractivity contribution in [2.75, 3.05) is 6.61 Å². The molecular weight excluding hydrogens is 372 g/mol. The summed E-state index contributed by atoms with van der Waals surface area (Å²) < 4.78 is 66.1. The van der Waals surface area contributed by atoms with Crippen molar-refractivity contribution < 1.29 is 27.0 Å². The molecule has 1 aromatic carbocycles. The van der Waals surface area contributed by atoms with Crippen LogP contribution in [0.4, 0.5) is 17.6 Å². The normalized spacial score (nSPS) is 32.0. The highest BCUT2D eigenvalue weighted by molar-refractivity contribution is 5.24. The van der Waals surface area contributed by atoms with E-state index in [1.54, 1.807) is 0 Å². The van der Waals surface area contributed by atoms with Gasteiger partial charge in [0, 0.05) is 6.07 Å². The molecule has 0 N–H and O–H groups in total. The third-order valence-corrected chi connectivity index (χ3v) is 7.08. The van der Waals surface area contributed by atoms with E-state index in [0.29, 0.717) is 43.6 Å². The Hall–Kier alpha value is -1.30. The third-order valence-electron chi connectivity index (χ3n) is 7.08. The average Bonchev–Trinajstić information content (AvgIpc) is 2.64. The minimum absolute atomic E-state index is 0.193. The number of rotatable bonds is 5. The molecule has 28 heavy (non-hydrogen) atoms. The summed E-state index contributed by atoms with van der Waals surface area (Å²) in [4.78, 5) is 0. The monoisotopic (exact) mass is 400 g/mol. The van der Waals surface area contributed by atoms with Crippen LogP contribution in [0.15, 0.2) is 18.2 Å². The summed E-state index contributed by atoms with van der Waals surface area (Å²) in [6.45, 7) is 0.824. The Morgan fingerprint density at radius 3 is 2.11 bits per heavy atom. The second kappa shape index (κ2) is 8.21. The molecule has 0 radical (unpaired) electrons. The summed E-state index contributed by atoms with van der Waals surface area (Å²) in [6.07, 6.45) is 5.14. The first-order valence-corrected chi connectivity index (χ1v) is 10.6. The fourth-order valence-corrected chi connectivity index (χ4v) is 5.05. The quantitative estimate of drug-likeness (QED) is 0.537. The topological polar surface area (TPSA) is 18.5 Å². The summed E-state index contributed by atoms with van der Waals surface area (Å²) in [5, 5.41) is 0. The molecule has 0 bridgehead atoms. The Balaban J connectivity index is 1.26. The maximum atomic E-state index is 14.5. The number of alkyl halides is 2. The van der Waals surface area contributed by atoms with Crippen LogP contribution in [0.2, 0.25) is 0 Å². The zero-order chi connectivity index (χ0) is 19.7. The lowest BCUT2D eigenvalue weighted by atomic mass is 9.71. The SMILES string of the molecule is Fc1ccc(OC(F)(F)C2CCC(C3CCC(C4CCC4)CO3)CC2)cc1F. The molecule has 0 aromatic heterocycles. The largest absolute Gasteiger partial charge is 0.432 e. The molecule has 2 unspecified atom stereocenters. The first-order chi connectivity index (χ1) is 13.4. The molecule has 2 saturated carbocycles. The summed E-state index contributed by atoms with van der Waals surface area (Å²) in [7, 11) is 0. The molecule has 3 fully saturated rings. The molecule has 2 aliphatic carbocycles. The maximum Gasteiger partial charge on any atom is 0.400 e. The molecule has 1 heterocycles. The highest BCUT2D eigenvalue weighted by Gasteiger charge is 2.45. The summed E-state index contributed by atoms with van der Waals surface area (Å²) in [5.41, 5.74) is 0. The van der Waals surface area contributed by atoms with Crippen molar-refractivity contribution in [1.82, 2.24) is 0 Å². The predicted molar refractivity (Wildman–Crippen MR) is 97.2 cm³/mol. The Morgan fingerprint density at radius 1 is 0.821 bits per heavy atom. The maximum absolute atomic E-state index is 14.5. The van der Waals surface area contributed by atoms with Gasteiger partial charge in [0.05, 0.1) is 18.6 Å². The zero-order valence-electron chi connectivity index (χ0n) is 16.0. The van der Waals surface area contributed by atoms with Crippen LogP contribution >= 0.6 is 0 Å². The number of ether oxygens (including phenoxy) is 2. The van der Waals surface area contributed by atoms with E-state index in [0.717, 1.165) is 31.1 Å². The smallest absolute Gasteiger partial charge is 0.400 e. The molecule has 156 valence electrons. The van der Waals surface area contributed by atoms with Crippen LogP contribution in [-0.2, 0) is 4.74 Å². The predicted octanol–water partition coefficient (Wildman–Crippen LogP) is 6.34. The second-order valence-corrected chi connectivity index (χ2v) is 8.75. The minimum atomic E-state index is -3.39. The molecular formula is C22H28F4O2. The van der Waals surface area contributed by atoms with E-state index in [9.17, 15) is 17.6 Å². The molecule has 2 nitrogen and oxygen atoms in total. The lowest BCUT2D eigenvalue weighted by molar-refractivity contribution is -0.225. The van der Waals surface area contributed by atoms with Crippen LogP contribution in [0.3, 0.4) is 0 Å². The summed E-state index contributed by atoms with van der Waals surface area (Å²) in [5.74, 6) is -1.67. The van der Waals surface area contributed by atoms with Gasteiger partial charge in [-0.2, -0.15) is 8.78 Å². The van der Waals surface area contributed by atoms with Crippen LogP contribution in [0.5, 0.6) is 5.75 Å². The van der Waals surface area contributed by atoms with Gasteiger partial charge in [-0.25, -0.2) is 8.78 Å². The van der Waals surface area contributed by atoms with Crippen LogP contribution < -0.4 is 4.74 Å². The lowest BCUT2D eigenvalue weighted by Crippen LogP contribution is -2.41. The van der Waals surface area contributed by atoms with Crippen molar-refractivity contribution in [2.24, 2.45) is 23.7 Å². The average molecular weight is 400 g/mol. The first-order valence-electron chi connectivity index (χ1n) is 10.6. The van der Waals surface area contributed by atoms with Gasteiger partial charge in [-0.1, -0.05) is 19.3 Å². The molecule has 1 saturated heterocycles. The highest BCUT2D eigenvalue weighted by atomic mass is 19.3. The van der Waals surface area contributed by atoms with Gasteiger partial charge in [0.15, 0.2) is 11.6 Å². The van der Waals surface area contributed by atoms with Gasteiger partial charge in [-0.15, -0.1) is 0 Å². The number of hydrogen-bond donors (Lipinski definition) is 0. The first kappa shape index (κ1) is 20.0. The van der Waals surface area contributed by atoms with Crippen molar-refractivity contribution >= 4 is 0 Å². The minimum Gasteiger partial charge on any atom is -0.432 e. The molecule has 4 rings (SSSR count). The lowest BCUT2D eigenvalue weighted by Gasteiger charge is -2.42. The van der Waals surface area contributed by atoms with E-state index in [1.165, 1.54) is 25.7 Å². The van der Waals surface area contributed by atoms with Crippen molar-refractivity contribution in [1.29, 1.82) is 0 Å². The third kappa shape index (κ3) is 4.32. The zero-order valence-corrected chi connectivity index (χ0v) is 16.0. The van der Waals surface area contributed by atoms with E-state index >= 15 is 0 Å². The van der Waals surface area contributed by atoms with E-state index in [-0.39, 0.29) is 11.9 Å². The number of halogens is 4. The van der Waals surface area contributed by atoms with E-state index < -0.39 is 23.7 Å². The fourth-order valence-electron chi connectivity index (χ4n) is 5.05. The molecule has 0 amide bonds. The van der Waals surface area contributed by atoms with Crippen LogP contribution in [0.25, 0.3) is 0 Å². The summed E-state index contributed by atoms with van der Waals surface area (Å²) >= 11 is 0. The highest BCUT2D eigenvalue weighted by Crippen LogP contribution is 2.44. The van der Waals surface area contributed by atoms with Crippen molar-refractivity contribution in [3.8, 4) is 5.75 Å². The number of hydrogen-bond acceptors (Lipinski definition) is 2. The van der Waals surface area contributed by atoms with Crippen LogP contribution in [-0.4, -0.2) is 18.8 Å². The van der Waals surface area contributed by atoms with Gasteiger partial charge in [0.2, 0.25) is 0 Å². The van der Waals surface area contributed by atoms with E-state index in [2.05, 4.69) is 0 Å². The Morgan fingerprint density at radius 2 is 1.54 bits per heavy atom. The Bertz CT molecular complexity index is 661. The Labute approximate surface area is 163 Å². The van der Waals surface area contributed by atoms with Gasteiger partial charge in [-0.05, 0) is 68.4 Å². The van der Waals surface area contributed by atoms with E-state index in [1.807, 2.05) is 0 Å². The molecule has 3 aliphatic rings. The summed E-state index contributed by atoms with van der Waals surface area (Å²) in [6, 6.07) is 2.50. The molecule has 1 aliphatic heterocycles. The van der Waals surface area contributed by atoms with Crippen LogP contribution in [0, 0.1) is 35.3 Å². The molecule has 0 spiro atoms. The van der Waals surface area contributed by atoms with Gasteiger partial charge in [-0.3, -0.25) is 0 Å². The Kier molecular flexibility index (Phi) is 5.86.